The molecule has 0 bridgehead atoms. The van der Waals surface area contributed by atoms with Crippen LogP contribution in [0.15, 0.2) is 21.9 Å². The largest absolute Gasteiger partial charge is 0.465 e. The number of thioether (sulfide) groups is 1. The summed E-state index contributed by atoms with van der Waals surface area (Å²) >= 11 is 7.56. The lowest BCUT2D eigenvalue weighted by molar-refractivity contribution is 0.0600. The lowest BCUT2D eigenvalue weighted by Gasteiger charge is -2.22. The molecule has 1 saturated carbocycles. The highest BCUT2D eigenvalue weighted by molar-refractivity contribution is 8.00. The highest BCUT2D eigenvalue weighted by Gasteiger charge is 2.24. The van der Waals surface area contributed by atoms with Crippen LogP contribution in [0.25, 0.3) is 0 Å². The summed E-state index contributed by atoms with van der Waals surface area (Å²) in [4.78, 5) is 12.1. The molecule has 0 amide bonds. The second-order valence-electron chi connectivity index (χ2n) is 5.19. The quantitative estimate of drug-likeness (QED) is 0.830. The van der Waals surface area contributed by atoms with Crippen LogP contribution in [0.2, 0.25) is 5.02 Å². The van der Waals surface area contributed by atoms with Crippen molar-refractivity contribution in [1.29, 1.82) is 0 Å². The van der Waals surface area contributed by atoms with E-state index in [0.717, 1.165) is 25.7 Å². The second-order valence-corrected chi connectivity index (χ2v) is 8.47. The summed E-state index contributed by atoms with van der Waals surface area (Å²) in [5.41, 5.74) is 0.00110. The molecule has 0 aliphatic heterocycles. The van der Waals surface area contributed by atoms with Gasteiger partial charge in [-0.05, 0) is 25.0 Å². The monoisotopic (exact) mass is 363 g/mol. The molecule has 1 aromatic carbocycles. The van der Waals surface area contributed by atoms with E-state index in [1.54, 1.807) is 0 Å². The number of methoxy groups -OCH3 is 1. The zero-order chi connectivity index (χ0) is 16.3. The van der Waals surface area contributed by atoms with Crippen molar-refractivity contribution in [2.45, 2.75) is 47.1 Å². The van der Waals surface area contributed by atoms with E-state index in [4.69, 9.17) is 16.7 Å². The van der Waals surface area contributed by atoms with Crippen molar-refractivity contribution in [1.82, 2.24) is 0 Å². The molecule has 122 valence electrons. The Morgan fingerprint density at radius 3 is 2.50 bits per heavy atom. The van der Waals surface area contributed by atoms with E-state index in [9.17, 15) is 13.2 Å². The van der Waals surface area contributed by atoms with Gasteiger partial charge >= 0.3 is 5.97 Å². The molecule has 0 atom stereocenters. The predicted molar refractivity (Wildman–Crippen MR) is 86.9 cm³/mol. The Hall–Kier alpha value is -0.760. The number of hydrogen-bond donors (Lipinski definition) is 1. The van der Waals surface area contributed by atoms with Crippen LogP contribution in [0.5, 0.6) is 0 Å². The molecule has 0 heterocycles. The smallest absolute Gasteiger partial charge is 0.339 e. The summed E-state index contributed by atoms with van der Waals surface area (Å²) in [7, 11) is -2.74. The molecule has 0 spiro atoms. The van der Waals surface area contributed by atoms with Gasteiger partial charge in [-0.15, -0.1) is 11.8 Å². The summed E-state index contributed by atoms with van der Waals surface area (Å²) in [5, 5.41) is 5.79. The van der Waals surface area contributed by atoms with Crippen molar-refractivity contribution < 1.29 is 17.9 Å². The highest BCUT2D eigenvalue weighted by atomic mass is 35.5. The van der Waals surface area contributed by atoms with E-state index in [2.05, 4.69) is 4.74 Å². The molecule has 8 heteroatoms. The lowest BCUT2D eigenvalue weighted by atomic mass is 10.0. The molecule has 0 radical (unpaired) electrons. The molecular weight excluding hydrogens is 346 g/mol. The van der Waals surface area contributed by atoms with Gasteiger partial charge in [0, 0.05) is 10.1 Å². The second kappa shape index (κ2) is 7.21. The number of carbonyl (C=O) groups excluding carboxylic acids is 1. The van der Waals surface area contributed by atoms with Gasteiger partial charge < -0.3 is 4.74 Å². The fraction of sp³-hybridized carbons (Fsp3) is 0.500. The number of esters is 1. The summed E-state index contributed by atoms with van der Waals surface area (Å²) < 4.78 is 28.3. The third-order valence-corrected chi connectivity index (χ3v) is 6.38. The van der Waals surface area contributed by atoms with Crippen molar-refractivity contribution in [3.05, 3.63) is 22.7 Å². The third kappa shape index (κ3) is 4.16. The van der Waals surface area contributed by atoms with Gasteiger partial charge in [-0.3, -0.25) is 0 Å². The first-order chi connectivity index (χ1) is 10.3. The minimum Gasteiger partial charge on any atom is -0.465 e. The highest BCUT2D eigenvalue weighted by Crippen LogP contribution is 2.38. The van der Waals surface area contributed by atoms with E-state index < -0.39 is 16.0 Å². The minimum absolute atomic E-state index is 0.00110. The van der Waals surface area contributed by atoms with Crippen LogP contribution in [0.4, 0.5) is 0 Å². The van der Waals surface area contributed by atoms with Crippen LogP contribution >= 0.6 is 23.4 Å². The number of primary sulfonamides is 1. The summed E-state index contributed by atoms with van der Waals surface area (Å²) in [6.45, 7) is 0. The molecule has 1 aromatic rings. The summed E-state index contributed by atoms with van der Waals surface area (Å²) in [6, 6.07) is 2.70. The van der Waals surface area contributed by atoms with Gasteiger partial charge in [-0.25, -0.2) is 18.4 Å². The van der Waals surface area contributed by atoms with Gasteiger partial charge in [0.2, 0.25) is 10.0 Å². The Kier molecular flexibility index (Phi) is 5.76. The number of ether oxygens (including phenoxy) is 1. The third-order valence-electron chi connectivity index (χ3n) is 3.59. The molecule has 2 rings (SSSR count). The van der Waals surface area contributed by atoms with E-state index in [1.165, 1.54) is 37.4 Å². The summed E-state index contributed by atoms with van der Waals surface area (Å²) in [5.74, 6) is -0.691. The van der Waals surface area contributed by atoms with E-state index in [1.807, 2.05) is 0 Å². The minimum atomic E-state index is -3.95. The van der Waals surface area contributed by atoms with Gasteiger partial charge in [0.05, 0.1) is 22.6 Å². The first-order valence-corrected chi connectivity index (χ1v) is 9.74. The van der Waals surface area contributed by atoms with Crippen LogP contribution in [0.3, 0.4) is 0 Å². The maximum absolute atomic E-state index is 11.8. The Bertz CT molecular complexity index is 670. The molecule has 22 heavy (non-hydrogen) atoms. The van der Waals surface area contributed by atoms with Crippen molar-refractivity contribution in [3.8, 4) is 0 Å². The average Bonchev–Trinajstić information content (AvgIpc) is 2.46. The molecular formula is C14H18ClNO4S2. The number of sulfonamides is 1. The number of carbonyl (C=O) groups is 1. The van der Waals surface area contributed by atoms with Crippen LogP contribution < -0.4 is 5.14 Å². The number of nitrogens with two attached hydrogens (primary N) is 1. The number of rotatable bonds is 4. The fourth-order valence-electron chi connectivity index (χ4n) is 2.48. The van der Waals surface area contributed by atoms with Gasteiger partial charge in [0.1, 0.15) is 0 Å². The Labute approximate surface area is 139 Å². The van der Waals surface area contributed by atoms with Crippen molar-refractivity contribution >= 4 is 39.4 Å². The molecule has 1 aliphatic carbocycles. The van der Waals surface area contributed by atoms with Gasteiger partial charge in [-0.1, -0.05) is 30.9 Å². The molecule has 0 unspecified atom stereocenters. The lowest BCUT2D eigenvalue weighted by Crippen LogP contribution is -2.16. The summed E-state index contributed by atoms with van der Waals surface area (Å²) in [6.07, 6.45) is 5.55. The molecule has 5 nitrogen and oxygen atoms in total. The van der Waals surface area contributed by atoms with Crippen LogP contribution in [0.1, 0.15) is 42.5 Å². The fourth-order valence-corrected chi connectivity index (χ4v) is 5.19. The topological polar surface area (TPSA) is 86.5 Å². The van der Waals surface area contributed by atoms with E-state index in [0.29, 0.717) is 10.1 Å². The Balaban J connectivity index is 2.43. The molecule has 1 aliphatic rings. The zero-order valence-electron chi connectivity index (χ0n) is 12.2. The van der Waals surface area contributed by atoms with E-state index in [-0.39, 0.29) is 15.5 Å². The van der Waals surface area contributed by atoms with Crippen molar-refractivity contribution in [3.63, 3.8) is 0 Å². The SMILES string of the molecule is COC(=O)c1cc(S(N)(=O)=O)c(SC2CCCCC2)cc1Cl. The predicted octanol–water partition coefficient (Wildman–Crippen LogP) is 3.20. The number of benzene rings is 1. The molecule has 1 fully saturated rings. The zero-order valence-corrected chi connectivity index (χ0v) is 14.6. The number of halogens is 1. The number of hydrogen-bond acceptors (Lipinski definition) is 5. The van der Waals surface area contributed by atoms with Crippen LogP contribution in [0, 0.1) is 0 Å². The maximum Gasteiger partial charge on any atom is 0.339 e. The molecule has 2 N–H and O–H groups in total. The van der Waals surface area contributed by atoms with Gasteiger partial charge in [0.25, 0.3) is 0 Å². The van der Waals surface area contributed by atoms with Gasteiger partial charge in [-0.2, -0.15) is 0 Å². The molecule has 0 aromatic heterocycles. The first-order valence-electron chi connectivity index (χ1n) is 6.94. The average molecular weight is 364 g/mol. The maximum atomic E-state index is 11.8. The Morgan fingerprint density at radius 1 is 1.32 bits per heavy atom. The Morgan fingerprint density at radius 2 is 1.95 bits per heavy atom. The first kappa shape index (κ1) is 17.6. The van der Waals surface area contributed by atoms with E-state index >= 15 is 0 Å². The van der Waals surface area contributed by atoms with Crippen LogP contribution in [-0.2, 0) is 14.8 Å². The molecule has 0 saturated heterocycles. The van der Waals surface area contributed by atoms with Crippen LogP contribution in [-0.4, -0.2) is 26.7 Å². The van der Waals surface area contributed by atoms with Crippen molar-refractivity contribution in [2.24, 2.45) is 5.14 Å². The standard InChI is InChI=1S/C14H18ClNO4S2/c1-20-14(17)10-7-13(22(16,18)19)12(8-11(10)15)21-9-5-3-2-4-6-9/h7-9H,2-6H2,1H3,(H2,16,18,19). The van der Waals surface area contributed by atoms with Crippen molar-refractivity contribution in [2.75, 3.05) is 7.11 Å². The van der Waals surface area contributed by atoms with Gasteiger partial charge in [0.15, 0.2) is 0 Å². The normalized spacial score (nSPS) is 16.5.